The second-order valence-corrected chi connectivity index (χ2v) is 8.02. The number of Topliss-reactive ketones (excluding diaryl/α,β-unsaturated/α-hetero) is 1. The molecule has 1 aromatic carbocycles. The van der Waals surface area contributed by atoms with Crippen molar-refractivity contribution in [3.63, 3.8) is 0 Å². The minimum absolute atomic E-state index is 0.0520. The molecule has 0 unspecified atom stereocenters. The molecule has 1 aliphatic rings. The minimum atomic E-state index is -0.0520. The summed E-state index contributed by atoms with van der Waals surface area (Å²) < 4.78 is 1.95. The van der Waals surface area contributed by atoms with E-state index in [0.717, 1.165) is 36.4 Å². The molecule has 7 heteroatoms. The third-order valence-corrected chi connectivity index (χ3v) is 6.04. The van der Waals surface area contributed by atoms with E-state index in [0.29, 0.717) is 34.6 Å². The predicted octanol–water partition coefficient (Wildman–Crippen LogP) is 5.43. The van der Waals surface area contributed by atoms with E-state index in [9.17, 15) is 4.79 Å². The molecular weight excluding hydrogens is 377 g/mol. The summed E-state index contributed by atoms with van der Waals surface area (Å²) >= 11 is 13.8. The maximum atomic E-state index is 12.3. The zero-order valence-electron chi connectivity index (χ0n) is 13.8. The van der Waals surface area contributed by atoms with Crippen LogP contribution in [0.3, 0.4) is 0 Å². The normalized spacial score (nSPS) is 18.2. The van der Waals surface area contributed by atoms with Crippen LogP contribution in [0.2, 0.25) is 10.0 Å². The largest absolute Gasteiger partial charge is 0.298 e. The Morgan fingerprint density at radius 2 is 2.12 bits per heavy atom. The molecule has 132 valence electrons. The summed E-state index contributed by atoms with van der Waals surface area (Å²) in [5.41, 5.74) is 0.763. The van der Waals surface area contributed by atoms with Gasteiger partial charge in [-0.2, -0.15) is 0 Å². The first-order valence-corrected chi connectivity index (χ1v) is 9.92. The second kappa shape index (κ2) is 8.39. The van der Waals surface area contributed by atoms with Crippen molar-refractivity contribution in [1.29, 1.82) is 0 Å². The molecule has 0 amide bonds. The SMILES string of the molecule is C=CCn1c(S[C@H]2CCCCCC2=O)nnc1-c1ccc(Cl)cc1Cl. The van der Waals surface area contributed by atoms with E-state index in [1.54, 1.807) is 18.2 Å². The zero-order chi connectivity index (χ0) is 17.8. The number of nitrogens with zero attached hydrogens (tertiary/aromatic N) is 3. The number of allylic oxidation sites excluding steroid dienone is 1. The van der Waals surface area contributed by atoms with Crippen LogP contribution in [0.25, 0.3) is 11.4 Å². The van der Waals surface area contributed by atoms with Crippen LogP contribution in [0.4, 0.5) is 0 Å². The van der Waals surface area contributed by atoms with Crippen LogP contribution >= 0.6 is 35.0 Å². The van der Waals surface area contributed by atoms with E-state index < -0.39 is 0 Å². The summed E-state index contributed by atoms with van der Waals surface area (Å²) in [6.45, 7) is 4.36. The Hall–Kier alpha value is -1.30. The predicted molar refractivity (Wildman–Crippen MR) is 103 cm³/mol. The maximum Gasteiger partial charge on any atom is 0.192 e. The fourth-order valence-corrected chi connectivity index (χ4v) is 4.58. The molecule has 0 N–H and O–H groups in total. The first kappa shape index (κ1) is 18.5. The van der Waals surface area contributed by atoms with E-state index in [-0.39, 0.29) is 5.25 Å². The lowest BCUT2D eigenvalue weighted by atomic mass is 10.2. The molecule has 1 fully saturated rings. The average molecular weight is 396 g/mol. The maximum absolute atomic E-state index is 12.3. The molecule has 0 saturated heterocycles. The van der Waals surface area contributed by atoms with E-state index in [4.69, 9.17) is 23.2 Å². The number of hydrogen-bond acceptors (Lipinski definition) is 4. The number of hydrogen-bond donors (Lipinski definition) is 0. The highest BCUT2D eigenvalue weighted by Gasteiger charge is 2.25. The van der Waals surface area contributed by atoms with E-state index >= 15 is 0 Å². The molecule has 1 aromatic heterocycles. The minimum Gasteiger partial charge on any atom is -0.298 e. The van der Waals surface area contributed by atoms with Crippen LogP contribution in [-0.2, 0) is 11.3 Å². The van der Waals surface area contributed by atoms with Gasteiger partial charge in [-0.1, -0.05) is 53.9 Å². The number of carbonyl (C=O) groups is 1. The molecule has 0 bridgehead atoms. The molecule has 1 atom stereocenters. The third-order valence-electron chi connectivity index (χ3n) is 4.20. The summed E-state index contributed by atoms with van der Waals surface area (Å²) in [6.07, 6.45) is 6.52. The van der Waals surface area contributed by atoms with Crippen molar-refractivity contribution < 1.29 is 4.79 Å². The van der Waals surface area contributed by atoms with E-state index in [1.807, 2.05) is 10.6 Å². The van der Waals surface area contributed by atoms with Crippen LogP contribution in [0.5, 0.6) is 0 Å². The Balaban J connectivity index is 1.94. The Morgan fingerprint density at radius 1 is 1.28 bits per heavy atom. The molecule has 2 aromatic rings. The highest BCUT2D eigenvalue weighted by Crippen LogP contribution is 2.34. The molecule has 3 rings (SSSR count). The van der Waals surface area contributed by atoms with Gasteiger partial charge in [0.1, 0.15) is 5.78 Å². The Bertz CT molecular complexity index is 791. The molecule has 1 saturated carbocycles. The smallest absolute Gasteiger partial charge is 0.192 e. The molecule has 0 aliphatic heterocycles. The summed E-state index contributed by atoms with van der Waals surface area (Å²) in [5.74, 6) is 0.965. The zero-order valence-corrected chi connectivity index (χ0v) is 16.1. The van der Waals surface area contributed by atoms with Gasteiger partial charge in [0.25, 0.3) is 0 Å². The van der Waals surface area contributed by atoms with Gasteiger partial charge in [0, 0.05) is 23.6 Å². The second-order valence-electron chi connectivity index (χ2n) is 6.00. The summed E-state index contributed by atoms with van der Waals surface area (Å²) in [5, 5.41) is 10.4. The number of halogens is 2. The highest BCUT2D eigenvalue weighted by atomic mass is 35.5. The Morgan fingerprint density at radius 3 is 2.88 bits per heavy atom. The average Bonchev–Trinajstić information content (AvgIpc) is 2.84. The Labute approximate surface area is 161 Å². The first-order valence-electron chi connectivity index (χ1n) is 8.29. The van der Waals surface area contributed by atoms with Crippen molar-refractivity contribution in [3.8, 4) is 11.4 Å². The number of carbonyl (C=O) groups excluding carboxylic acids is 1. The van der Waals surface area contributed by atoms with Crippen LogP contribution in [0.15, 0.2) is 36.0 Å². The van der Waals surface area contributed by atoms with Crippen molar-refractivity contribution in [1.82, 2.24) is 14.8 Å². The van der Waals surface area contributed by atoms with Crippen LogP contribution in [0, 0.1) is 0 Å². The number of ketones is 1. The van der Waals surface area contributed by atoms with Crippen LogP contribution in [-0.4, -0.2) is 25.8 Å². The fraction of sp³-hybridized carbons (Fsp3) is 0.389. The van der Waals surface area contributed by atoms with Gasteiger partial charge >= 0.3 is 0 Å². The number of aromatic nitrogens is 3. The van der Waals surface area contributed by atoms with E-state index in [2.05, 4.69) is 16.8 Å². The number of rotatable bonds is 5. The number of benzene rings is 1. The summed E-state index contributed by atoms with van der Waals surface area (Å²) in [4.78, 5) is 12.3. The monoisotopic (exact) mass is 395 g/mol. The number of thioether (sulfide) groups is 1. The molecule has 1 aliphatic carbocycles. The van der Waals surface area contributed by atoms with Gasteiger partial charge < -0.3 is 0 Å². The highest BCUT2D eigenvalue weighted by molar-refractivity contribution is 8.00. The van der Waals surface area contributed by atoms with Gasteiger partial charge in [-0.3, -0.25) is 9.36 Å². The van der Waals surface area contributed by atoms with Crippen molar-refractivity contribution in [2.75, 3.05) is 0 Å². The molecule has 4 nitrogen and oxygen atoms in total. The molecule has 25 heavy (non-hydrogen) atoms. The fourth-order valence-electron chi connectivity index (χ4n) is 2.92. The molecule has 1 heterocycles. The lowest BCUT2D eigenvalue weighted by molar-refractivity contribution is -0.118. The third kappa shape index (κ3) is 4.27. The van der Waals surface area contributed by atoms with Gasteiger partial charge in [0.05, 0.1) is 10.3 Å². The van der Waals surface area contributed by atoms with Gasteiger partial charge in [0.2, 0.25) is 0 Å². The molecule has 0 radical (unpaired) electrons. The van der Waals surface area contributed by atoms with Crippen molar-refractivity contribution >= 4 is 40.7 Å². The van der Waals surface area contributed by atoms with Gasteiger partial charge in [-0.05, 0) is 31.0 Å². The van der Waals surface area contributed by atoms with Gasteiger partial charge in [-0.25, -0.2) is 0 Å². The lowest BCUT2D eigenvalue weighted by Crippen LogP contribution is -2.16. The van der Waals surface area contributed by atoms with Gasteiger partial charge in [0.15, 0.2) is 11.0 Å². The van der Waals surface area contributed by atoms with Crippen molar-refractivity contribution in [2.45, 2.75) is 49.1 Å². The Kier molecular flexibility index (Phi) is 6.20. The van der Waals surface area contributed by atoms with E-state index in [1.165, 1.54) is 11.8 Å². The van der Waals surface area contributed by atoms with Crippen molar-refractivity contribution in [3.05, 3.63) is 40.9 Å². The van der Waals surface area contributed by atoms with Crippen molar-refractivity contribution in [2.24, 2.45) is 0 Å². The summed E-state index contributed by atoms with van der Waals surface area (Å²) in [7, 11) is 0. The quantitative estimate of drug-likeness (QED) is 0.499. The lowest BCUT2D eigenvalue weighted by Gasteiger charge is -2.13. The molecular formula is C18H19Cl2N3OS. The molecule has 0 spiro atoms. The van der Waals surface area contributed by atoms with Crippen LogP contribution in [0.1, 0.15) is 32.1 Å². The topological polar surface area (TPSA) is 47.8 Å². The van der Waals surface area contributed by atoms with Crippen LogP contribution < -0.4 is 0 Å². The summed E-state index contributed by atoms with van der Waals surface area (Å²) in [6, 6.07) is 5.30. The first-order chi connectivity index (χ1) is 12.1. The van der Waals surface area contributed by atoms with Gasteiger partial charge in [-0.15, -0.1) is 16.8 Å². The standard InChI is InChI=1S/C18H19Cl2N3OS/c1-2-10-23-17(13-9-8-12(19)11-14(13)20)21-22-18(23)25-16-7-5-3-4-6-15(16)24/h2,8-9,11,16H,1,3-7,10H2/t16-/m0/s1.